The molecule has 1 aliphatic carbocycles. The maximum atomic E-state index is 8.56. The zero-order chi connectivity index (χ0) is 16.9. The van der Waals surface area contributed by atoms with Crippen molar-refractivity contribution in [3.8, 4) is 0 Å². The zero-order valence-electron chi connectivity index (χ0n) is 14.1. The van der Waals surface area contributed by atoms with E-state index < -0.39 is 0 Å². The van der Waals surface area contributed by atoms with Gasteiger partial charge in [0.1, 0.15) is 5.82 Å². The van der Waals surface area contributed by atoms with Gasteiger partial charge >= 0.3 is 0 Å². The highest BCUT2D eigenvalue weighted by Gasteiger charge is 2.27. The van der Waals surface area contributed by atoms with Gasteiger partial charge in [-0.25, -0.2) is 9.98 Å². The third-order valence-electron chi connectivity index (χ3n) is 4.86. The van der Waals surface area contributed by atoms with Crippen molar-refractivity contribution in [1.82, 2.24) is 14.5 Å². The van der Waals surface area contributed by atoms with Gasteiger partial charge in [0, 0.05) is 32.1 Å². The first-order valence-electron chi connectivity index (χ1n) is 8.45. The number of hydrogen-bond acceptors (Lipinski definition) is 5. The van der Waals surface area contributed by atoms with Crippen LogP contribution in [0.25, 0.3) is 11.0 Å². The SMILES string of the molecule is CN=O.NC=Nc1ccc2c(c1)nc1n2CCN(C2CCC2)CC1. The van der Waals surface area contributed by atoms with Gasteiger partial charge in [-0.05, 0) is 31.0 Å². The van der Waals surface area contributed by atoms with E-state index in [1.165, 1.54) is 44.0 Å². The number of aliphatic imine (C=N–C) groups is 1. The van der Waals surface area contributed by atoms with Crippen molar-refractivity contribution in [3.05, 3.63) is 28.9 Å². The van der Waals surface area contributed by atoms with Gasteiger partial charge in [0.2, 0.25) is 0 Å². The molecule has 2 N–H and O–H groups in total. The molecule has 1 aromatic carbocycles. The summed E-state index contributed by atoms with van der Waals surface area (Å²) in [5.41, 5.74) is 8.48. The van der Waals surface area contributed by atoms with Crippen LogP contribution in [0.5, 0.6) is 0 Å². The normalized spacial score (nSPS) is 18.5. The maximum absolute atomic E-state index is 8.56. The third kappa shape index (κ3) is 3.31. The number of rotatable bonds is 2. The van der Waals surface area contributed by atoms with E-state index >= 15 is 0 Å². The first-order valence-corrected chi connectivity index (χ1v) is 8.45. The van der Waals surface area contributed by atoms with E-state index in [0.717, 1.165) is 43.3 Å². The Labute approximate surface area is 141 Å². The Hall–Kier alpha value is -2.28. The van der Waals surface area contributed by atoms with Crippen LogP contribution in [-0.4, -0.2) is 47.0 Å². The summed E-state index contributed by atoms with van der Waals surface area (Å²) in [6, 6.07) is 6.97. The molecule has 128 valence electrons. The van der Waals surface area contributed by atoms with Crippen molar-refractivity contribution in [2.45, 2.75) is 38.3 Å². The Morgan fingerprint density at radius 1 is 1.29 bits per heavy atom. The predicted octanol–water partition coefficient (Wildman–Crippen LogP) is 2.45. The highest BCUT2D eigenvalue weighted by molar-refractivity contribution is 5.80. The molecule has 1 aliphatic heterocycles. The van der Waals surface area contributed by atoms with Crippen molar-refractivity contribution in [2.24, 2.45) is 15.9 Å². The Balaban J connectivity index is 0.000000526. The van der Waals surface area contributed by atoms with Gasteiger partial charge < -0.3 is 10.3 Å². The van der Waals surface area contributed by atoms with E-state index in [9.17, 15) is 0 Å². The van der Waals surface area contributed by atoms with Crippen LogP contribution < -0.4 is 5.73 Å². The average molecular weight is 328 g/mol. The van der Waals surface area contributed by atoms with Crippen LogP contribution in [0, 0.1) is 4.91 Å². The fraction of sp³-hybridized carbons (Fsp3) is 0.529. The molecule has 7 heteroatoms. The Morgan fingerprint density at radius 3 is 2.75 bits per heavy atom. The number of fused-ring (bicyclic) bond motifs is 3. The highest BCUT2D eigenvalue weighted by Crippen LogP contribution is 2.28. The molecule has 0 spiro atoms. The summed E-state index contributed by atoms with van der Waals surface area (Å²) in [5, 5.41) is 2.25. The van der Waals surface area contributed by atoms with E-state index in [0.29, 0.717) is 0 Å². The van der Waals surface area contributed by atoms with E-state index in [4.69, 9.17) is 15.6 Å². The summed E-state index contributed by atoms with van der Waals surface area (Å²) in [6.07, 6.45) is 6.53. The molecule has 1 saturated carbocycles. The molecule has 0 radical (unpaired) electrons. The van der Waals surface area contributed by atoms with Gasteiger partial charge in [-0.1, -0.05) is 11.6 Å². The number of nitrogens with two attached hydrogens (primary N) is 1. The lowest BCUT2D eigenvalue weighted by molar-refractivity contribution is 0.130. The topological polar surface area (TPSA) is 88.9 Å². The van der Waals surface area contributed by atoms with Crippen LogP contribution >= 0.6 is 0 Å². The average Bonchev–Trinajstić information content (AvgIpc) is 2.74. The van der Waals surface area contributed by atoms with Crippen LogP contribution in [-0.2, 0) is 13.0 Å². The second-order valence-corrected chi connectivity index (χ2v) is 6.18. The maximum Gasteiger partial charge on any atom is 0.111 e. The lowest BCUT2D eigenvalue weighted by Crippen LogP contribution is -2.41. The molecular formula is C17H24N6O. The minimum absolute atomic E-state index is 0.825. The molecule has 0 atom stereocenters. The molecule has 2 heterocycles. The Morgan fingerprint density at radius 2 is 2.08 bits per heavy atom. The van der Waals surface area contributed by atoms with Crippen molar-refractivity contribution in [3.63, 3.8) is 0 Å². The van der Waals surface area contributed by atoms with Crippen LogP contribution in [0.3, 0.4) is 0 Å². The first kappa shape index (κ1) is 16.6. The highest BCUT2D eigenvalue weighted by atomic mass is 16.2. The van der Waals surface area contributed by atoms with Crippen molar-refractivity contribution in [2.75, 3.05) is 20.1 Å². The van der Waals surface area contributed by atoms with E-state index in [1.807, 2.05) is 12.1 Å². The lowest BCUT2D eigenvalue weighted by Gasteiger charge is -2.36. The van der Waals surface area contributed by atoms with Crippen molar-refractivity contribution < 1.29 is 0 Å². The van der Waals surface area contributed by atoms with Crippen molar-refractivity contribution >= 4 is 23.1 Å². The quantitative estimate of drug-likeness (QED) is 0.521. The molecule has 0 unspecified atom stereocenters. The number of aromatic nitrogens is 2. The largest absolute Gasteiger partial charge is 0.390 e. The second-order valence-electron chi connectivity index (χ2n) is 6.18. The van der Waals surface area contributed by atoms with Gasteiger partial charge in [0.15, 0.2) is 0 Å². The molecule has 1 fully saturated rings. The molecule has 0 amide bonds. The minimum atomic E-state index is 0.825. The van der Waals surface area contributed by atoms with Crippen LogP contribution in [0.2, 0.25) is 0 Å². The van der Waals surface area contributed by atoms with E-state index in [2.05, 4.69) is 25.7 Å². The minimum Gasteiger partial charge on any atom is -0.390 e. The van der Waals surface area contributed by atoms with Gasteiger partial charge in [-0.15, -0.1) is 0 Å². The van der Waals surface area contributed by atoms with Gasteiger partial charge in [0.25, 0.3) is 0 Å². The summed E-state index contributed by atoms with van der Waals surface area (Å²) in [4.78, 5) is 20.2. The van der Waals surface area contributed by atoms with Crippen LogP contribution in [0.1, 0.15) is 25.1 Å². The Kier molecular flexibility index (Phi) is 5.20. The second kappa shape index (κ2) is 7.53. The van der Waals surface area contributed by atoms with Crippen molar-refractivity contribution in [1.29, 1.82) is 0 Å². The smallest absolute Gasteiger partial charge is 0.111 e. The fourth-order valence-electron chi connectivity index (χ4n) is 3.48. The summed E-state index contributed by atoms with van der Waals surface area (Å²) in [5.74, 6) is 1.21. The lowest BCUT2D eigenvalue weighted by atomic mass is 9.91. The molecule has 1 aromatic heterocycles. The van der Waals surface area contributed by atoms with E-state index in [1.54, 1.807) is 0 Å². The molecular weight excluding hydrogens is 304 g/mol. The molecule has 24 heavy (non-hydrogen) atoms. The predicted molar refractivity (Wildman–Crippen MR) is 96.7 cm³/mol. The van der Waals surface area contributed by atoms with Gasteiger partial charge in [-0.2, -0.15) is 4.91 Å². The molecule has 4 rings (SSSR count). The number of nitrogens with zero attached hydrogens (tertiary/aromatic N) is 5. The van der Waals surface area contributed by atoms with E-state index in [-0.39, 0.29) is 0 Å². The summed E-state index contributed by atoms with van der Waals surface area (Å²) < 4.78 is 2.38. The third-order valence-corrected chi connectivity index (χ3v) is 4.86. The number of imidazole rings is 1. The number of benzene rings is 1. The molecule has 2 aromatic rings. The summed E-state index contributed by atoms with van der Waals surface area (Å²) in [7, 11) is 1.19. The van der Waals surface area contributed by atoms with Gasteiger partial charge in [0.05, 0.1) is 30.1 Å². The monoisotopic (exact) mass is 328 g/mol. The molecule has 2 aliphatic rings. The molecule has 7 nitrogen and oxygen atoms in total. The standard InChI is InChI=1S/C16H21N5.CH3NO/c17-11-18-12-4-5-15-14(10-12)19-16-6-7-20(8-9-21(15)16)13-2-1-3-13;1-2-3/h4-5,10-11,13H,1-3,6-9H2,(H2,17,18);1H3. The number of hydrogen-bond donors (Lipinski definition) is 1. The first-order chi connectivity index (χ1) is 11.8. The van der Waals surface area contributed by atoms with Crippen LogP contribution in [0.4, 0.5) is 5.69 Å². The van der Waals surface area contributed by atoms with Crippen LogP contribution in [0.15, 0.2) is 28.4 Å². The summed E-state index contributed by atoms with van der Waals surface area (Å²) in [6.45, 7) is 3.33. The molecule has 0 saturated heterocycles. The number of nitroso groups, excluding NO2 is 1. The fourth-order valence-corrected chi connectivity index (χ4v) is 3.48. The van der Waals surface area contributed by atoms with Gasteiger partial charge in [-0.3, -0.25) is 4.90 Å². The molecule has 0 bridgehead atoms. The zero-order valence-corrected chi connectivity index (χ0v) is 14.1. The summed E-state index contributed by atoms with van der Waals surface area (Å²) >= 11 is 0. The Bertz CT molecular complexity index is 734.